The Balaban J connectivity index is 2.29. The van der Waals surface area contributed by atoms with Gasteiger partial charge in [-0.25, -0.2) is 0 Å². The van der Waals surface area contributed by atoms with E-state index in [0.29, 0.717) is 34.0 Å². The Morgan fingerprint density at radius 2 is 2.19 bits per heavy atom. The highest BCUT2D eigenvalue weighted by molar-refractivity contribution is 6.42. The van der Waals surface area contributed by atoms with Crippen molar-refractivity contribution in [3.05, 3.63) is 40.4 Å². The minimum atomic E-state index is -0.00965. The molecule has 1 aliphatic heterocycles. The fourth-order valence-electron chi connectivity index (χ4n) is 2.58. The molecular weight excluding hydrogens is 309 g/mol. The predicted molar refractivity (Wildman–Crippen MR) is 86.7 cm³/mol. The number of ether oxygens (including phenoxy) is 1. The average Bonchev–Trinajstić information content (AvgIpc) is 2.47. The summed E-state index contributed by atoms with van der Waals surface area (Å²) in [6, 6.07) is 3.55. The molecule has 1 heterocycles. The molecular formula is C16H19Cl2NO2. The summed E-state index contributed by atoms with van der Waals surface area (Å²) in [5.74, 6) is 0.533. The van der Waals surface area contributed by atoms with E-state index in [1.165, 1.54) is 0 Å². The summed E-state index contributed by atoms with van der Waals surface area (Å²) in [6.45, 7) is 6.87. The molecule has 0 aliphatic carbocycles. The van der Waals surface area contributed by atoms with E-state index in [1.807, 2.05) is 0 Å². The van der Waals surface area contributed by atoms with Crippen LogP contribution in [-0.4, -0.2) is 25.0 Å². The number of piperidine rings is 1. The summed E-state index contributed by atoms with van der Waals surface area (Å²) in [6.07, 6.45) is 3.27. The molecule has 1 aliphatic rings. The second kappa shape index (κ2) is 7.30. The third kappa shape index (κ3) is 4.00. The Morgan fingerprint density at radius 1 is 1.48 bits per heavy atom. The fourth-order valence-corrected chi connectivity index (χ4v) is 2.90. The molecule has 2 unspecified atom stereocenters. The molecule has 1 aromatic carbocycles. The Kier molecular flexibility index (Phi) is 5.68. The molecule has 1 fully saturated rings. The minimum Gasteiger partial charge on any atom is -0.489 e. The second-order valence-electron chi connectivity index (χ2n) is 5.30. The normalized spacial score (nSPS) is 21.9. The van der Waals surface area contributed by atoms with Crippen molar-refractivity contribution in [2.45, 2.75) is 25.8 Å². The smallest absolute Gasteiger partial charge is 0.169 e. The van der Waals surface area contributed by atoms with Gasteiger partial charge < -0.3 is 10.1 Å². The number of carbonyl (C=O) groups excluding carboxylic acids is 1. The van der Waals surface area contributed by atoms with Crippen LogP contribution in [-0.2, 0) is 0 Å². The van der Waals surface area contributed by atoms with E-state index >= 15 is 0 Å². The number of Topliss-reactive ketones (excluding diaryl/α,β-unsaturated/α-hetero) is 1. The van der Waals surface area contributed by atoms with Gasteiger partial charge >= 0.3 is 0 Å². The van der Waals surface area contributed by atoms with E-state index < -0.39 is 0 Å². The number of rotatable bonds is 5. The van der Waals surface area contributed by atoms with Crippen LogP contribution >= 0.6 is 23.2 Å². The SMILES string of the molecule is C=CCOc1cc(Cl)c(Cl)cc1C(=O)C1CCNC(C)C1. The van der Waals surface area contributed by atoms with Gasteiger partial charge in [0.15, 0.2) is 5.78 Å². The van der Waals surface area contributed by atoms with Crippen LogP contribution < -0.4 is 10.1 Å². The maximum Gasteiger partial charge on any atom is 0.169 e. The van der Waals surface area contributed by atoms with Gasteiger partial charge in [-0.05, 0) is 32.4 Å². The number of hydrogen-bond acceptors (Lipinski definition) is 3. The van der Waals surface area contributed by atoms with Crippen molar-refractivity contribution in [3.8, 4) is 5.75 Å². The third-order valence-electron chi connectivity index (χ3n) is 3.64. The molecule has 0 saturated carbocycles. The highest BCUT2D eigenvalue weighted by Crippen LogP contribution is 2.33. The first-order valence-corrected chi connectivity index (χ1v) is 7.79. The Labute approximate surface area is 135 Å². The molecule has 114 valence electrons. The lowest BCUT2D eigenvalue weighted by Crippen LogP contribution is -2.38. The van der Waals surface area contributed by atoms with Crippen LogP contribution in [0.1, 0.15) is 30.1 Å². The zero-order chi connectivity index (χ0) is 15.4. The number of hydrogen-bond donors (Lipinski definition) is 1. The van der Waals surface area contributed by atoms with Gasteiger partial charge in [0.2, 0.25) is 0 Å². The zero-order valence-electron chi connectivity index (χ0n) is 12.0. The van der Waals surface area contributed by atoms with E-state index in [0.717, 1.165) is 19.4 Å². The van der Waals surface area contributed by atoms with E-state index in [-0.39, 0.29) is 11.7 Å². The second-order valence-corrected chi connectivity index (χ2v) is 6.12. The quantitative estimate of drug-likeness (QED) is 0.652. The first-order valence-electron chi connectivity index (χ1n) is 7.03. The molecule has 0 radical (unpaired) electrons. The van der Waals surface area contributed by atoms with E-state index in [1.54, 1.807) is 18.2 Å². The van der Waals surface area contributed by atoms with Crippen molar-refractivity contribution in [3.63, 3.8) is 0 Å². The molecule has 0 spiro atoms. The van der Waals surface area contributed by atoms with Crippen LogP contribution in [0.5, 0.6) is 5.75 Å². The van der Waals surface area contributed by atoms with E-state index in [2.05, 4.69) is 18.8 Å². The average molecular weight is 328 g/mol. The van der Waals surface area contributed by atoms with Crippen LogP contribution in [0, 0.1) is 5.92 Å². The third-order valence-corrected chi connectivity index (χ3v) is 4.36. The van der Waals surface area contributed by atoms with Gasteiger partial charge in [0.05, 0.1) is 15.6 Å². The molecule has 21 heavy (non-hydrogen) atoms. The molecule has 1 aromatic rings. The Morgan fingerprint density at radius 3 is 2.86 bits per heavy atom. The van der Waals surface area contributed by atoms with E-state index in [9.17, 15) is 4.79 Å². The maximum absolute atomic E-state index is 12.8. The number of nitrogens with one attached hydrogen (secondary N) is 1. The molecule has 3 nitrogen and oxygen atoms in total. The van der Waals surface area contributed by atoms with Gasteiger partial charge in [-0.2, -0.15) is 0 Å². The lowest BCUT2D eigenvalue weighted by molar-refractivity contribution is 0.0878. The number of carbonyl (C=O) groups is 1. The van der Waals surface area contributed by atoms with Crippen LogP contribution in [0.2, 0.25) is 10.0 Å². The lowest BCUT2D eigenvalue weighted by Gasteiger charge is -2.27. The van der Waals surface area contributed by atoms with Gasteiger partial charge in [0.25, 0.3) is 0 Å². The number of halogens is 2. The van der Waals surface area contributed by atoms with Crippen molar-refractivity contribution >= 4 is 29.0 Å². The number of benzene rings is 1. The maximum atomic E-state index is 12.8. The predicted octanol–water partition coefficient (Wildman–Crippen LogP) is 4.13. The first-order chi connectivity index (χ1) is 10.0. The minimum absolute atomic E-state index is 0.00965. The van der Waals surface area contributed by atoms with Crippen molar-refractivity contribution < 1.29 is 9.53 Å². The highest BCUT2D eigenvalue weighted by Gasteiger charge is 2.28. The van der Waals surface area contributed by atoms with Gasteiger partial charge in [0.1, 0.15) is 12.4 Å². The van der Waals surface area contributed by atoms with Gasteiger partial charge in [0, 0.05) is 18.0 Å². The van der Waals surface area contributed by atoms with Crippen LogP contribution in [0.3, 0.4) is 0 Å². The van der Waals surface area contributed by atoms with Crippen molar-refractivity contribution in [2.75, 3.05) is 13.2 Å². The summed E-state index contributed by atoms with van der Waals surface area (Å²) in [5.41, 5.74) is 0.505. The summed E-state index contributed by atoms with van der Waals surface area (Å²) >= 11 is 12.1. The molecule has 2 atom stereocenters. The topological polar surface area (TPSA) is 38.3 Å². The molecule has 2 rings (SSSR count). The van der Waals surface area contributed by atoms with Crippen LogP contribution in [0.25, 0.3) is 0 Å². The van der Waals surface area contributed by atoms with Crippen molar-refractivity contribution in [2.24, 2.45) is 5.92 Å². The first kappa shape index (κ1) is 16.3. The van der Waals surface area contributed by atoms with Gasteiger partial charge in [-0.1, -0.05) is 35.9 Å². The molecule has 1 N–H and O–H groups in total. The standard InChI is InChI=1S/C16H19Cl2NO2/c1-3-6-21-15-9-14(18)13(17)8-12(15)16(20)11-4-5-19-10(2)7-11/h3,8-11,19H,1,4-7H2,2H3. The molecule has 0 amide bonds. The monoisotopic (exact) mass is 327 g/mol. The Bertz CT molecular complexity index is 545. The van der Waals surface area contributed by atoms with Crippen LogP contribution in [0.4, 0.5) is 0 Å². The van der Waals surface area contributed by atoms with Gasteiger partial charge in [-0.3, -0.25) is 4.79 Å². The van der Waals surface area contributed by atoms with Crippen molar-refractivity contribution in [1.82, 2.24) is 5.32 Å². The van der Waals surface area contributed by atoms with E-state index in [4.69, 9.17) is 27.9 Å². The molecule has 0 bridgehead atoms. The number of ketones is 1. The summed E-state index contributed by atoms with van der Waals surface area (Å²) in [4.78, 5) is 12.8. The fraction of sp³-hybridized carbons (Fsp3) is 0.438. The molecule has 0 aromatic heterocycles. The molecule has 5 heteroatoms. The lowest BCUT2D eigenvalue weighted by atomic mass is 9.86. The van der Waals surface area contributed by atoms with Crippen LogP contribution in [0.15, 0.2) is 24.8 Å². The highest BCUT2D eigenvalue weighted by atomic mass is 35.5. The summed E-state index contributed by atoms with van der Waals surface area (Å²) < 4.78 is 5.56. The Hall–Kier alpha value is -1.03. The van der Waals surface area contributed by atoms with Crippen molar-refractivity contribution in [1.29, 1.82) is 0 Å². The van der Waals surface area contributed by atoms with Gasteiger partial charge in [-0.15, -0.1) is 0 Å². The molecule has 1 saturated heterocycles. The zero-order valence-corrected chi connectivity index (χ0v) is 13.5. The summed E-state index contributed by atoms with van der Waals surface area (Å²) in [7, 11) is 0. The summed E-state index contributed by atoms with van der Waals surface area (Å²) in [5, 5.41) is 4.09. The largest absolute Gasteiger partial charge is 0.489 e.